The topological polar surface area (TPSA) is 67.2 Å². The Hall–Kier alpha value is -2.93. The van der Waals surface area contributed by atoms with Crippen LogP contribution in [-0.4, -0.2) is 16.0 Å². The van der Waals surface area contributed by atoms with Crippen LogP contribution < -0.4 is 10.6 Å². The predicted molar refractivity (Wildman–Crippen MR) is 133 cm³/mol. The predicted octanol–water partition coefficient (Wildman–Crippen LogP) is 6.47. The zero-order valence-corrected chi connectivity index (χ0v) is 19.7. The third-order valence-corrected chi connectivity index (χ3v) is 5.78. The fraction of sp³-hybridized carbons (Fsp3) is 0.125. The lowest BCUT2D eigenvalue weighted by Crippen LogP contribution is -2.34. The smallest absolute Gasteiger partial charge is 0.257 e. The first-order valence-electron chi connectivity index (χ1n) is 9.81. The van der Waals surface area contributed by atoms with E-state index >= 15 is 0 Å². The van der Waals surface area contributed by atoms with Crippen molar-refractivity contribution >= 4 is 63.2 Å². The van der Waals surface area contributed by atoms with E-state index in [0.717, 1.165) is 33.5 Å². The van der Waals surface area contributed by atoms with E-state index in [4.69, 9.17) is 39.8 Å². The minimum atomic E-state index is -0.376. The van der Waals surface area contributed by atoms with Gasteiger partial charge in [-0.1, -0.05) is 41.4 Å². The van der Waals surface area contributed by atoms with Crippen LogP contribution in [0.5, 0.6) is 0 Å². The molecule has 0 aliphatic heterocycles. The Kier molecular flexibility index (Phi) is 6.46. The zero-order valence-electron chi connectivity index (χ0n) is 17.3. The fourth-order valence-electron chi connectivity index (χ4n) is 3.35. The molecule has 0 aliphatic rings. The second-order valence-electron chi connectivity index (χ2n) is 7.45. The number of halogens is 2. The van der Waals surface area contributed by atoms with Crippen LogP contribution in [0.15, 0.2) is 59.0 Å². The molecule has 2 N–H and O–H groups in total. The normalized spacial score (nSPS) is 10.9. The van der Waals surface area contributed by atoms with Gasteiger partial charge in [-0.05, 0) is 79.2 Å². The molecule has 0 saturated heterocycles. The van der Waals surface area contributed by atoms with E-state index in [1.165, 1.54) is 6.07 Å². The van der Waals surface area contributed by atoms with Gasteiger partial charge < -0.3 is 9.73 Å². The number of oxazole rings is 1. The summed E-state index contributed by atoms with van der Waals surface area (Å²) < 4.78 is 5.94. The number of nitrogens with zero attached hydrogens (tertiary/aromatic N) is 1. The van der Waals surface area contributed by atoms with E-state index < -0.39 is 0 Å². The van der Waals surface area contributed by atoms with Gasteiger partial charge in [0.15, 0.2) is 16.6 Å². The van der Waals surface area contributed by atoms with E-state index in [9.17, 15) is 4.79 Å². The Labute approximate surface area is 200 Å². The Balaban J connectivity index is 1.38. The third kappa shape index (κ3) is 5.10. The fourth-order valence-corrected chi connectivity index (χ4v) is 3.86. The van der Waals surface area contributed by atoms with Crippen LogP contribution >= 0.6 is 35.4 Å². The molecule has 0 bridgehead atoms. The highest BCUT2D eigenvalue weighted by atomic mass is 35.5. The van der Waals surface area contributed by atoms with Crippen LogP contribution in [0.3, 0.4) is 0 Å². The molecule has 0 aliphatic carbocycles. The quantitative estimate of drug-likeness (QED) is 0.325. The summed E-state index contributed by atoms with van der Waals surface area (Å²) >= 11 is 17.1. The van der Waals surface area contributed by atoms with E-state index in [-0.39, 0.29) is 11.0 Å². The summed E-state index contributed by atoms with van der Waals surface area (Å²) in [5, 5.41) is 6.49. The van der Waals surface area contributed by atoms with Crippen LogP contribution in [0.25, 0.3) is 11.1 Å². The van der Waals surface area contributed by atoms with Gasteiger partial charge in [-0.15, -0.1) is 0 Å². The number of benzene rings is 3. The first-order chi connectivity index (χ1) is 15.3. The minimum Gasteiger partial charge on any atom is -0.440 e. The van der Waals surface area contributed by atoms with Gasteiger partial charge in [0.1, 0.15) is 5.52 Å². The van der Waals surface area contributed by atoms with Crippen molar-refractivity contribution in [1.82, 2.24) is 10.3 Å². The van der Waals surface area contributed by atoms with Crippen molar-refractivity contribution in [3.8, 4) is 0 Å². The van der Waals surface area contributed by atoms with Gasteiger partial charge in [0.05, 0.1) is 10.0 Å². The first-order valence-corrected chi connectivity index (χ1v) is 11.0. The number of fused-ring (bicyclic) bond motifs is 1. The Morgan fingerprint density at radius 1 is 1.03 bits per heavy atom. The average molecular weight is 484 g/mol. The summed E-state index contributed by atoms with van der Waals surface area (Å²) in [4.78, 5) is 16.9. The van der Waals surface area contributed by atoms with Gasteiger partial charge in [0, 0.05) is 17.7 Å². The SMILES string of the molecule is Cc1cc(C)c2oc(Cc3ccc(NC(=S)NC(=O)c4ccc(Cl)c(Cl)c4)cc3)nc2c1. The maximum atomic E-state index is 12.3. The van der Waals surface area contributed by atoms with Gasteiger partial charge in [0.2, 0.25) is 0 Å². The highest BCUT2D eigenvalue weighted by Gasteiger charge is 2.11. The van der Waals surface area contributed by atoms with Crippen molar-refractivity contribution in [2.45, 2.75) is 20.3 Å². The van der Waals surface area contributed by atoms with E-state index in [1.54, 1.807) is 12.1 Å². The summed E-state index contributed by atoms with van der Waals surface area (Å²) in [5.74, 6) is 0.290. The lowest BCUT2D eigenvalue weighted by atomic mass is 10.1. The number of hydrogen-bond donors (Lipinski definition) is 2. The van der Waals surface area contributed by atoms with Crippen molar-refractivity contribution in [3.05, 3.63) is 92.8 Å². The summed E-state index contributed by atoms with van der Waals surface area (Å²) in [6.07, 6.45) is 0.575. The van der Waals surface area contributed by atoms with Gasteiger partial charge >= 0.3 is 0 Å². The lowest BCUT2D eigenvalue weighted by Gasteiger charge is -2.10. The van der Waals surface area contributed by atoms with Crippen molar-refractivity contribution in [3.63, 3.8) is 0 Å². The number of carbonyl (C=O) groups excluding carboxylic acids is 1. The molecule has 0 saturated carbocycles. The van der Waals surface area contributed by atoms with Crippen molar-refractivity contribution in [2.24, 2.45) is 0 Å². The van der Waals surface area contributed by atoms with Gasteiger partial charge in [-0.3, -0.25) is 10.1 Å². The van der Waals surface area contributed by atoms with Gasteiger partial charge in [-0.2, -0.15) is 0 Å². The van der Waals surface area contributed by atoms with Crippen molar-refractivity contribution < 1.29 is 9.21 Å². The van der Waals surface area contributed by atoms with Crippen LogP contribution in [0, 0.1) is 13.8 Å². The number of amides is 1. The molecule has 4 aromatic rings. The Bertz CT molecular complexity index is 1330. The number of thiocarbonyl (C=S) groups is 1. The maximum Gasteiger partial charge on any atom is 0.257 e. The number of nitrogens with one attached hydrogen (secondary N) is 2. The molecule has 0 radical (unpaired) electrons. The van der Waals surface area contributed by atoms with Crippen LogP contribution in [-0.2, 0) is 6.42 Å². The van der Waals surface area contributed by atoms with Gasteiger partial charge in [-0.25, -0.2) is 4.98 Å². The molecule has 5 nitrogen and oxygen atoms in total. The molecule has 0 atom stereocenters. The second-order valence-corrected chi connectivity index (χ2v) is 8.67. The zero-order chi connectivity index (χ0) is 22.8. The first kappa shape index (κ1) is 22.3. The summed E-state index contributed by atoms with van der Waals surface area (Å²) in [7, 11) is 0. The average Bonchev–Trinajstić information content (AvgIpc) is 3.14. The van der Waals surface area contributed by atoms with E-state index in [1.807, 2.05) is 44.2 Å². The molecule has 0 unspecified atom stereocenters. The monoisotopic (exact) mass is 483 g/mol. The molecular weight excluding hydrogens is 465 g/mol. The molecule has 1 aromatic heterocycles. The number of hydrogen-bond acceptors (Lipinski definition) is 4. The van der Waals surface area contributed by atoms with Crippen molar-refractivity contribution in [2.75, 3.05) is 5.32 Å². The molecular formula is C24H19Cl2N3O2S. The molecule has 4 rings (SSSR count). The molecule has 0 fully saturated rings. The summed E-state index contributed by atoms with van der Waals surface area (Å²) in [6.45, 7) is 4.07. The molecule has 1 heterocycles. The Morgan fingerprint density at radius 3 is 2.50 bits per heavy atom. The standard InChI is InChI=1S/C24H19Cl2N3O2S/c1-13-9-14(2)22-20(10-13)28-21(31-22)11-15-3-6-17(7-4-15)27-24(32)29-23(30)16-5-8-18(25)19(26)12-16/h3-10,12H,11H2,1-2H3,(H2,27,29,30,32). The largest absolute Gasteiger partial charge is 0.440 e. The van der Waals surface area contributed by atoms with Crippen LogP contribution in [0.4, 0.5) is 5.69 Å². The number of carbonyl (C=O) groups is 1. The van der Waals surface area contributed by atoms with Crippen LogP contribution in [0.1, 0.15) is 32.9 Å². The summed E-state index contributed by atoms with van der Waals surface area (Å²) in [5.41, 5.74) is 6.09. The molecule has 162 valence electrons. The molecule has 3 aromatic carbocycles. The molecule has 1 amide bonds. The van der Waals surface area contributed by atoms with E-state index in [2.05, 4.69) is 21.7 Å². The second kappa shape index (κ2) is 9.28. The molecule has 8 heteroatoms. The lowest BCUT2D eigenvalue weighted by molar-refractivity contribution is 0.0977. The van der Waals surface area contributed by atoms with E-state index in [0.29, 0.717) is 27.9 Å². The third-order valence-electron chi connectivity index (χ3n) is 4.84. The number of aryl methyl sites for hydroxylation is 2. The summed E-state index contributed by atoms with van der Waals surface area (Å²) in [6, 6.07) is 16.4. The minimum absolute atomic E-state index is 0.179. The van der Waals surface area contributed by atoms with Crippen molar-refractivity contribution in [1.29, 1.82) is 0 Å². The Morgan fingerprint density at radius 2 is 1.78 bits per heavy atom. The number of rotatable bonds is 4. The highest BCUT2D eigenvalue weighted by Crippen LogP contribution is 2.24. The maximum absolute atomic E-state index is 12.3. The number of anilines is 1. The van der Waals surface area contributed by atoms with Gasteiger partial charge in [0.25, 0.3) is 5.91 Å². The highest BCUT2D eigenvalue weighted by molar-refractivity contribution is 7.80. The molecule has 0 spiro atoms. The van der Waals surface area contributed by atoms with Crippen LogP contribution in [0.2, 0.25) is 10.0 Å². The molecule has 32 heavy (non-hydrogen) atoms. The number of aromatic nitrogens is 1.